The standard InChI is InChI=1S/C10H10N4O3S3/c1-3-12-13-10(18)20(3)4-2-19-8-5(11)7(15)14(8)6(4)9(16)17/h5,8H,2,11H2,1H3,(H-,13,16,17,18)/p+1/t5?,8-,20?/m1/s1. The molecule has 3 rings (SSSR count). The van der Waals surface area contributed by atoms with Crippen LogP contribution in [0.3, 0.4) is 0 Å². The molecule has 0 bridgehead atoms. The van der Waals surface area contributed by atoms with Crippen LogP contribution in [0.25, 0.3) is 4.91 Å². The third-order valence-electron chi connectivity index (χ3n) is 3.21. The molecule has 0 spiro atoms. The fourth-order valence-corrected chi connectivity index (χ4v) is 6.31. The molecule has 20 heavy (non-hydrogen) atoms. The van der Waals surface area contributed by atoms with Crippen molar-refractivity contribution in [2.45, 2.75) is 18.3 Å². The van der Waals surface area contributed by atoms with Gasteiger partial charge in [0.2, 0.25) is 5.91 Å². The molecule has 1 amide bonds. The molecule has 0 aromatic carbocycles. The molecule has 0 aliphatic carbocycles. The Balaban J connectivity index is 2.19. The van der Waals surface area contributed by atoms with Gasteiger partial charge in [-0.2, -0.15) is 0 Å². The van der Waals surface area contributed by atoms with E-state index in [1.54, 1.807) is 6.92 Å². The number of aryl methyl sites for hydroxylation is 1. The lowest BCUT2D eigenvalue weighted by Gasteiger charge is -2.47. The summed E-state index contributed by atoms with van der Waals surface area (Å²) in [7, 11) is -0.668. The molecule has 1 aromatic heterocycles. The predicted octanol–water partition coefficient (Wildman–Crippen LogP) is 0.692. The van der Waals surface area contributed by atoms with Crippen LogP contribution in [0.15, 0.2) is 5.70 Å². The number of aromatic amines is 1. The molecule has 2 unspecified atom stereocenters. The first-order valence-corrected chi connectivity index (χ1v) is 8.37. The lowest BCUT2D eigenvalue weighted by atomic mass is 10.1. The number of nitrogens with zero attached hydrogens (tertiary/aromatic N) is 2. The minimum absolute atomic E-state index is 0.0179. The second-order valence-corrected chi connectivity index (χ2v) is 8.22. The van der Waals surface area contributed by atoms with Gasteiger partial charge >= 0.3 is 9.92 Å². The maximum Gasteiger partial charge on any atom is 0.378 e. The molecule has 2 aliphatic rings. The molecule has 3 heterocycles. The van der Waals surface area contributed by atoms with Gasteiger partial charge in [-0.15, -0.1) is 16.9 Å². The van der Waals surface area contributed by atoms with Crippen LogP contribution in [0.4, 0.5) is 0 Å². The number of rotatable bonds is 2. The molecule has 7 nitrogen and oxygen atoms in total. The first kappa shape index (κ1) is 13.7. The Labute approximate surface area is 125 Å². The second kappa shape index (κ2) is 4.65. The van der Waals surface area contributed by atoms with Gasteiger partial charge < -0.3 is 10.8 Å². The molecule has 4 N–H and O–H groups in total. The zero-order chi connectivity index (χ0) is 14.6. The summed E-state index contributed by atoms with van der Waals surface area (Å²) in [5.41, 5.74) is 5.72. The minimum Gasteiger partial charge on any atom is -0.476 e. The number of amides is 1. The van der Waals surface area contributed by atoms with E-state index in [4.69, 9.17) is 18.0 Å². The summed E-state index contributed by atoms with van der Waals surface area (Å²) in [6.07, 6.45) is 0. The summed E-state index contributed by atoms with van der Waals surface area (Å²) in [6, 6.07) is -0.623. The normalized spacial score (nSPS) is 26.4. The second-order valence-electron chi connectivity index (χ2n) is 4.35. The number of β-lactam (4-membered cyclic amide) rings is 1. The van der Waals surface area contributed by atoms with Crippen molar-refractivity contribution in [3.63, 3.8) is 0 Å². The average molecular weight is 331 g/mol. The highest BCUT2D eigenvalue weighted by Gasteiger charge is 2.53. The van der Waals surface area contributed by atoms with Crippen LogP contribution < -0.4 is 5.73 Å². The van der Waals surface area contributed by atoms with Crippen LogP contribution >= 0.6 is 34.4 Å². The van der Waals surface area contributed by atoms with Crippen LogP contribution in [-0.2, 0) is 9.59 Å². The first-order chi connectivity index (χ1) is 9.43. The van der Waals surface area contributed by atoms with E-state index in [1.165, 1.54) is 16.7 Å². The number of carbonyl (C=O) groups is 2. The first-order valence-electron chi connectivity index (χ1n) is 5.68. The number of hydrogen-bond donors (Lipinski definition) is 3. The number of aromatic nitrogens is 2. The molecule has 1 aromatic rings. The number of aliphatic carboxylic acids is 1. The number of hydrogen-bond acceptors (Lipinski definition) is 6. The van der Waals surface area contributed by atoms with Gasteiger partial charge in [0.25, 0.3) is 12.2 Å². The molecular formula is C10H11N4O3S3+. The maximum absolute atomic E-state index is 11.8. The lowest BCUT2D eigenvalue weighted by Crippen LogP contribution is -2.68. The van der Waals surface area contributed by atoms with Crippen molar-refractivity contribution in [3.05, 3.63) is 14.7 Å². The highest BCUT2D eigenvalue weighted by molar-refractivity contribution is 8.01. The Kier molecular flexibility index (Phi) is 3.20. The Hall–Kier alpha value is -1.23. The van der Waals surface area contributed by atoms with Crippen molar-refractivity contribution in [2.75, 3.05) is 5.75 Å². The van der Waals surface area contributed by atoms with Crippen molar-refractivity contribution < 1.29 is 14.7 Å². The number of thioether (sulfide) groups is 1. The van der Waals surface area contributed by atoms with Crippen LogP contribution in [0.1, 0.15) is 5.01 Å². The zero-order valence-corrected chi connectivity index (χ0v) is 12.8. The smallest absolute Gasteiger partial charge is 0.378 e. The Morgan fingerprint density at radius 2 is 2.40 bits per heavy atom. The van der Waals surface area contributed by atoms with E-state index in [-0.39, 0.29) is 17.0 Å². The van der Waals surface area contributed by atoms with Crippen molar-refractivity contribution in [2.24, 2.45) is 5.73 Å². The van der Waals surface area contributed by atoms with E-state index in [9.17, 15) is 14.7 Å². The Morgan fingerprint density at radius 3 is 2.95 bits per heavy atom. The molecule has 1 fully saturated rings. The number of nitrogens with two attached hydrogens (primary N) is 1. The topological polar surface area (TPSA) is 112 Å². The van der Waals surface area contributed by atoms with E-state index in [0.29, 0.717) is 14.6 Å². The molecule has 10 heteroatoms. The number of carboxylic acid groups (broad SMARTS) is 1. The van der Waals surface area contributed by atoms with Crippen LogP contribution in [-0.4, -0.2) is 49.2 Å². The third kappa shape index (κ3) is 1.75. The van der Waals surface area contributed by atoms with Gasteiger partial charge in [0.05, 0.1) is 5.75 Å². The van der Waals surface area contributed by atoms with Crippen molar-refractivity contribution in [1.82, 2.24) is 15.1 Å². The van der Waals surface area contributed by atoms with Gasteiger partial charge in [-0.25, -0.2) is 9.89 Å². The molecule has 0 saturated carbocycles. The highest BCUT2D eigenvalue weighted by Crippen LogP contribution is 2.47. The largest absolute Gasteiger partial charge is 0.476 e. The average Bonchev–Trinajstić information content (AvgIpc) is 2.75. The predicted molar refractivity (Wildman–Crippen MR) is 78.6 cm³/mol. The van der Waals surface area contributed by atoms with E-state index >= 15 is 0 Å². The van der Waals surface area contributed by atoms with Crippen LogP contribution in [0.5, 0.6) is 0 Å². The van der Waals surface area contributed by atoms with E-state index < -0.39 is 22.5 Å². The van der Waals surface area contributed by atoms with E-state index in [1.807, 2.05) is 0 Å². The van der Waals surface area contributed by atoms with Crippen molar-refractivity contribution in [1.29, 1.82) is 0 Å². The van der Waals surface area contributed by atoms with Crippen molar-refractivity contribution >= 4 is 51.2 Å². The van der Waals surface area contributed by atoms with Crippen LogP contribution in [0, 0.1) is 10.9 Å². The van der Waals surface area contributed by atoms with Gasteiger partial charge in [-0.3, -0.25) is 9.69 Å². The van der Waals surface area contributed by atoms with Gasteiger partial charge in [0.15, 0.2) is 10.7 Å². The van der Waals surface area contributed by atoms with Crippen molar-refractivity contribution in [3.8, 4) is 0 Å². The molecule has 1 saturated heterocycles. The Bertz CT molecular complexity index is 707. The van der Waals surface area contributed by atoms with E-state index in [2.05, 4.69) is 10.2 Å². The summed E-state index contributed by atoms with van der Waals surface area (Å²) in [6.45, 7) is 1.79. The summed E-state index contributed by atoms with van der Waals surface area (Å²) in [4.78, 5) is 25.3. The number of H-pyrrole nitrogens is 1. The molecule has 0 radical (unpaired) electrons. The monoisotopic (exact) mass is 331 g/mol. The van der Waals surface area contributed by atoms with Gasteiger partial charge in [0, 0.05) is 17.4 Å². The lowest BCUT2D eigenvalue weighted by molar-refractivity contribution is -0.147. The third-order valence-corrected chi connectivity index (χ3v) is 7.26. The van der Waals surface area contributed by atoms with E-state index in [0.717, 1.165) is 5.01 Å². The maximum atomic E-state index is 11.8. The molecular weight excluding hydrogens is 320 g/mol. The van der Waals surface area contributed by atoms with Gasteiger partial charge in [0.1, 0.15) is 16.3 Å². The van der Waals surface area contributed by atoms with Crippen LogP contribution in [0.2, 0.25) is 0 Å². The summed E-state index contributed by atoms with van der Waals surface area (Å²) < 4.78 is 0.493. The summed E-state index contributed by atoms with van der Waals surface area (Å²) in [5, 5.41) is 16.7. The van der Waals surface area contributed by atoms with Gasteiger partial charge in [-0.05, 0) is 0 Å². The number of fused-ring (bicyclic) bond motifs is 1. The summed E-state index contributed by atoms with van der Waals surface area (Å²) in [5.74, 6) is -0.990. The number of carboxylic acids is 1. The fraction of sp³-hybridized carbons (Fsp3) is 0.400. The molecule has 2 aliphatic heterocycles. The minimum atomic E-state index is -1.12. The SMILES string of the molecule is Cc1n[nH]c(=S)[s+]1C1=C(C(=O)O)N2C(=O)C(N)[C@H]2SC1. The highest BCUT2D eigenvalue weighted by atomic mass is 32.2. The zero-order valence-electron chi connectivity index (χ0n) is 10.3. The molecule has 3 atom stereocenters. The van der Waals surface area contributed by atoms with Gasteiger partial charge in [-0.1, -0.05) is 0 Å². The Morgan fingerprint density at radius 1 is 1.70 bits per heavy atom. The quantitative estimate of drug-likeness (QED) is 0.415. The molecule has 106 valence electrons. The number of nitrogens with one attached hydrogen (secondary N) is 1. The summed E-state index contributed by atoms with van der Waals surface area (Å²) >= 11 is 6.67. The fourth-order valence-electron chi connectivity index (χ4n) is 2.28. The number of carbonyl (C=O) groups excluding carboxylic acids is 1.